The van der Waals surface area contributed by atoms with E-state index >= 15 is 0 Å². The third-order valence-electron chi connectivity index (χ3n) is 5.73. The lowest BCUT2D eigenvalue weighted by molar-refractivity contribution is -0.130. The number of carbonyl (C=O) groups is 1. The molecule has 0 aliphatic carbocycles. The van der Waals surface area contributed by atoms with E-state index in [0.29, 0.717) is 11.4 Å². The number of benzene rings is 2. The summed E-state index contributed by atoms with van der Waals surface area (Å²) in [6, 6.07) is 12.3. The number of carbonyl (C=O) groups excluding carboxylic acids is 1. The molecule has 0 saturated carbocycles. The highest BCUT2D eigenvalue weighted by Gasteiger charge is 2.30. The number of thioether (sulfide) groups is 1. The van der Waals surface area contributed by atoms with Gasteiger partial charge in [-0.15, -0.1) is 0 Å². The zero-order chi connectivity index (χ0) is 22.2. The number of likely N-dealkylation sites (N-methyl/N-ethyl adjacent to an activating group) is 1. The van der Waals surface area contributed by atoms with Gasteiger partial charge in [0.05, 0.1) is 5.69 Å². The normalized spacial score (nSPS) is 14.3. The van der Waals surface area contributed by atoms with Crippen LogP contribution >= 0.6 is 11.8 Å². The van der Waals surface area contributed by atoms with Crippen LogP contribution in [0.5, 0.6) is 5.75 Å². The van der Waals surface area contributed by atoms with Gasteiger partial charge in [-0.2, -0.15) is 11.8 Å². The minimum absolute atomic E-state index is 0.00666. The van der Waals surface area contributed by atoms with E-state index in [9.17, 15) is 9.18 Å². The fraction of sp³-hybridized carbons (Fsp3) is 0.292. The van der Waals surface area contributed by atoms with Gasteiger partial charge in [0.25, 0.3) is 5.91 Å². The van der Waals surface area contributed by atoms with E-state index in [-0.39, 0.29) is 18.3 Å². The van der Waals surface area contributed by atoms with Gasteiger partial charge in [-0.05, 0) is 30.7 Å². The van der Waals surface area contributed by atoms with Crippen LogP contribution in [0.4, 0.5) is 15.9 Å². The van der Waals surface area contributed by atoms with Crippen LogP contribution in [0.25, 0.3) is 11.4 Å². The zero-order valence-corrected chi connectivity index (χ0v) is 18.8. The largest absolute Gasteiger partial charge is 0.483 e. The molecule has 2 aromatic carbocycles. The maximum atomic E-state index is 13.8. The Morgan fingerprint density at radius 1 is 1.16 bits per heavy atom. The van der Waals surface area contributed by atoms with Crippen LogP contribution in [0, 0.1) is 5.82 Å². The standard InChI is InChI=1S/C24H23FN4O2S/c1-28(2)22(30)12-31-21-8-4-7-20-17(21)9-10-29(20)24-18-13-32-14-19(18)26-23(27-24)15-5-3-6-16(25)11-15/h3-8,11H,9-10,12-14H2,1-2H3. The van der Waals surface area contributed by atoms with Crippen molar-refractivity contribution in [2.45, 2.75) is 17.9 Å². The zero-order valence-electron chi connectivity index (χ0n) is 18.0. The Kier molecular flexibility index (Phi) is 5.46. The molecule has 0 bridgehead atoms. The molecule has 1 aromatic heterocycles. The molecule has 0 atom stereocenters. The molecule has 3 aromatic rings. The van der Waals surface area contributed by atoms with Crippen molar-refractivity contribution in [3.05, 3.63) is 65.1 Å². The Bertz CT molecular complexity index is 1200. The first kappa shape index (κ1) is 20.8. The van der Waals surface area contributed by atoms with Crippen LogP contribution in [0.1, 0.15) is 16.8 Å². The number of anilines is 2. The lowest BCUT2D eigenvalue weighted by Gasteiger charge is -2.22. The van der Waals surface area contributed by atoms with Crippen molar-refractivity contribution in [1.82, 2.24) is 14.9 Å². The fourth-order valence-electron chi connectivity index (χ4n) is 4.04. The minimum atomic E-state index is -0.303. The predicted molar refractivity (Wildman–Crippen MR) is 124 cm³/mol. The van der Waals surface area contributed by atoms with Gasteiger partial charge < -0.3 is 14.5 Å². The maximum Gasteiger partial charge on any atom is 0.259 e. The smallest absolute Gasteiger partial charge is 0.259 e. The van der Waals surface area contributed by atoms with E-state index in [4.69, 9.17) is 14.7 Å². The van der Waals surface area contributed by atoms with Crippen LogP contribution in [-0.4, -0.2) is 48.0 Å². The Morgan fingerprint density at radius 3 is 2.81 bits per heavy atom. The van der Waals surface area contributed by atoms with E-state index in [2.05, 4.69) is 11.0 Å². The minimum Gasteiger partial charge on any atom is -0.483 e. The van der Waals surface area contributed by atoms with Crippen LogP contribution in [0.3, 0.4) is 0 Å². The van der Waals surface area contributed by atoms with Crippen LogP contribution in [-0.2, 0) is 22.7 Å². The number of fused-ring (bicyclic) bond motifs is 2. The molecule has 8 heteroatoms. The number of ether oxygens (including phenoxy) is 1. The van der Waals surface area contributed by atoms with Crippen molar-refractivity contribution in [2.75, 3.05) is 32.1 Å². The third-order valence-corrected chi connectivity index (χ3v) is 6.70. The second kappa shape index (κ2) is 8.43. The molecule has 2 aliphatic rings. The molecule has 32 heavy (non-hydrogen) atoms. The van der Waals surface area contributed by atoms with Crippen molar-refractivity contribution in [1.29, 1.82) is 0 Å². The van der Waals surface area contributed by atoms with Crippen LogP contribution in [0.15, 0.2) is 42.5 Å². The molecule has 0 radical (unpaired) electrons. The highest BCUT2D eigenvalue weighted by molar-refractivity contribution is 7.98. The van der Waals surface area contributed by atoms with Crippen LogP contribution in [0.2, 0.25) is 0 Å². The summed E-state index contributed by atoms with van der Waals surface area (Å²) in [7, 11) is 3.43. The number of halogens is 1. The summed E-state index contributed by atoms with van der Waals surface area (Å²) in [6.07, 6.45) is 0.795. The number of hydrogen-bond donors (Lipinski definition) is 0. The maximum absolute atomic E-state index is 13.8. The van der Waals surface area contributed by atoms with Gasteiger partial charge in [0, 0.05) is 54.5 Å². The van der Waals surface area contributed by atoms with E-state index < -0.39 is 0 Å². The Morgan fingerprint density at radius 2 is 2.00 bits per heavy atom. The van der Waals surface area contributed by atoms with E-state index in [1.54, 1.807) is 20.2 Å². The van der Waals surface area contributed by atoms with Gasteiger partial charge in [0.2, 0.25) is 0 Å². The van der Waals surface area contributed by atoms with E-state index in [1.165, 1.54) is 17.0 Å². The summed E-state index contributed by atoms with van der Waals surface area (Å²) >= 11 is 1.81. The summed E-state index contributed by atoms with van der Waals surface area (Å²) in [4.78, 5) is 25.3. The predicted octanol–water partition coefficient (Wildman–Crippen LogP) is 4.19. The van der Waals surface area contributed by atoms with Crippen molar-refractivity contribution in [3.63, 3.8) is 0 Å². The first-order valence-electron chi connectivity index (χ1n) is 10.5. The summed E-state index contributed by atoms with van der Waals surface area (Å²) in [5, 5.41) is 0. The van der Waals surface area contributed by atoms with Crippen molar-refractivity contribution >= 4 is 29.2 Å². The number of nitrogens with zero attached hydrogens (tertiary/aromatic N) is 4. The molecule has 0 spiro atoms. The summed E-state index contributed by atoms with van der Waals surface area (Å²) in [5.41, 5.74) is 4.92. The number of aromatic nitrogens is 2. The highest BCUT2D eigenvalue weighted by atomic mass is 32.2. The van der Waals surface area contributed by atoms with Gasteiger partial charge in [-0.25, -0.2) is 14.4 Å². The van der Waals surface area contributed by atoms with Gasteiger partial charge in [-0.1, -0.05) is 18.2 Å². The monoisotopic (exact) mass is 450 g/mol. The Hall–Kier alpha value is -3.13. The molecule has 5 rings (SSSR count). The molecule has 0 fully saturated rings. The van der Waals surface area contributed by atoms with Gasteiger partial charge in [0.1, 0.15) is 17.4 Å². The van der Waals surface area contributed by atoms with E-state index in [1.807, 2.05) is 30.0 Å². The lowest BCUT2D eigenvalue weighted by atomic mass is 10.1. The quantitative estimate of drug-likeness (QED) is 0.581. The highest BCUT2D eigenvalue weighted by Crippen LogP contribution is 2.43. The molecule has 164 valence electrons. The van der Waals surface area contributed by atoms with Gasteiger partial charge in [-0.3, -0.25) is 4.79 Å². The second-order valence-corrected chi connectivity index (χ2v) is 9.02. The molecular formula is C24H23FN4O2S. The number of amides is 1. The van der Waals surface area contributed by atoms with Gasteiger partial charge >= 0.3 is 0 Å². The summed E-state index contributed by atoms with van der Waals surface area (Å²) in [5.74, 6) is 3.44. The molecular weight excluding hydrogens is 427 g/mol. The lowest BCUT2D eigenvalue weighted by Crippen LogP contribution is -2.27. The fourth-order valence-corrected chi connectivity index (χ4v) is 5.07. The number of rotatable bonds is 5. The number of hydrogen-bond acceptors (Lipinski definition) is 6. The average molecular weight is 451 g/mol. The first-order valence-corrected chi connectivity index (χ1v) is 11.6. The van der Waals surface area contributed by atoms with Crippen molar-refractivity contribution < 1.29 is 13.9 Å². The SMILES string of the molecule is CN(C)C(=O)COc1cccc2c1CCN2c1nc(-c2cccc(F)c2)nc2c1CSC2. The molecule has 6 nitrogen and oxygen atoms in total. The van der Waals surface area contributed by atoms with Crippen molar-refractivity contribution in [2.24, 2.45) is 0 Å². The first-order chi connectivity index (χ1) is 15.5. The van der Waals surface area contributed by atoms with Crippen LogP contribution < -0.4 is 9.64 Å². The molecule has 0 unspecified atom stereocenters. The Balaban J connectivity index is 1.52. The molecule has 2 aliphatic heterocycles. The summed E-state index contributed by atoms with van der Waals surface area (Å²) < 4.78 is 19.7. The van der Waals surface area contributed by atoms with E-state index in [0.717, 1.165) is 58.5 Å². The molecule has 0 N–H and O–H groups in total. The molecule has 1 amide bonds. The average Bonchev–Trinajstić information content (AvgIpc) is 3.44. The Labute approximate surface area is 190 Å². The van der Waals surface area contributed by atoms with Crippen molar-refractivity contribution in [3.8, 4) is 17.1 Å². The third kappa shape index (κ3) is 3.79. The van der Waals surface area contributed by atoms with Gasteiger partial charge in [0.15, 0.2) is 12.4 Å². The molecule has 0 saturated heterocycles. The summed E-state index contributed by atoms with van der Waals surface area (Å²) in [6.45, 7) is 0.765. The topological polar surface area (TPSA) is 58.6 Å². The molecule has 3 heterocycles. The second-order valence-electron chi connectivity index (χ2n) is 8.03.